The fourth-order valence-corrected chi connectivity index (χ4v) is 7.39. The molecule has 218 valence electrons. The highest BCUT2D eigenvalue weighted by atomic mass is 32.2. The monoisotopic (exact) mass is 573 g/mol. The highest BCUT2D eigenvalue weighted by Crippen LogP contribution is 2.29. The number of ether oxygens (including phenoxy) is 1. The molecule has 1 N–H and O–H groups in total. The van der Waals surface area contributed by atoms with E-state index in [1.54, 1.807) is 11.8 Å². The SMILES string of the molecule is CCOC(=O)c1cc(C#N)c(N2CCC(C(=O)NS(=O)(=O)CC3CCCCC3)CC2)nc1CN1CCCCC1=O. The predicted octanol–water partition coefficient (Wildman–Crippen LogP) is 2.89. The van der Waals surface area contributed by atoms with Crippen LogP contribution in [0.2, 0.25) is 0 Å². The molecule has 3 heterocycles. The predicted molar refractivity (Wildman–Crippen MR) is 148 cm³/mol. The summed E-state index contributed by atoms with van der Waals surface area (Å²) in [6.07, 6.45) is 7.90. The number of pyridine rings is 1. The number of sulfonamides is 1. The van der Waals surface area contributed by atoms with E-state index >= 15 is 0 Å². The number of nitriles is 1. The van der Waals surface area contributed by atoms with Gasteiger partial charge in [-0.05, 0) is 57.4 Å². The minimum Gasteiger partial charge on any atom is -0.462 e. The van der Waals surface area contributed by atoms with Crippen molar-refractivity contribution in [3.8, 4) is 6.07 Å². The van der Waals surface area contributed by atoms with Gasteiger partial charge in [-0.25, -0.2) is 18.2 Å². The summed E-state index contributed by atoms with van der Waals surface area (Å²) in [4.78, 5) is 46.3. The highest BCUT2D eigenvalue weighted by Gasteiger charge is 2.32. The van der Waals surface area contributed by atoms with Crippen molar-refractivity contribution in [1.82, 2.24) is 14.6 Å². The number of rotatable bonds is 9. The summed E-state index contributed by atoms with van der Waals surface area (Å²) in [6, 6.07) is 3.60. The molecule has 12 heteroatoms. The molecule has 40 heavy (non-hydrogen) atoms. The van der Waals surface area contributed by atoms with E-state index in [1.807, 2.05) is 4.90 Å². The molecule has 0 spiro atoms. The first kappa shape index (κ1) is 29.8. The van der Waals surface area contributed by atoms with Crippen LogP contribution in [-0.4, -0.2) is 68.1 Å². The van der Waals surface area contributed by atoms with Crippen LogP contribution >= 0.6 is 0 Å². The number of likely N-dealkylation sites (tertiary alicyclic amines) is 1. The average molecular weight is 574 g/mol. The number of hydrogen-bond acceptors (Lipinski definition) is 9. The Kier molecular flexibility index (Phi) is 10.0. The van der Waals surface area contributed by atoms with E-state index in [0.717, 1.165) is 44.9 Å². The van der Waals surface area contributed by atoms with Crippen LogP contribution in [-0.2, 0) is 30.9 Å². The van der Waals surface area contributed by atoms with E-state index in [1.165, 1.54) is 6.07 Å². The summed E-state index contributed by atoms with van der Waals surface area (Å²) < 4.78 is 32.7. The Morgan fingerprint density at radius 1 is 1.10 bits per heavy atom. The highest BCUT2D eigenvalue weighted by molar-refractivity contribution is 7.90. The van der Waals surface area contributed by atoms with Crippen molar-refractivity contribution in [1.29, 1.82) is 5.26 Å². The van der Waals surface area contributed by atoms with E-state index in [4.69, 9.17) is 9.72 Å². The van der Waals surface area contributed by atoms with Crippen LogP contribution in [0.1, 0.15) is 92.7 Å². The Morgan fingerprint density at radius 2 is 1.82 bits per heavy atom. The molecule has 0 bridgehead atoms. The number of nitrogens with zero attached hydrogens (tertiary/aromatic N) is 4. The molecule has 1 aromatic rings. The van der Waals surface area contributed by atoms with E-state index in [9.17, 15) is 28.1 Å². The van der Waals surface area contributed by atoms with Gasteiger partial charge in [-0.2, -0.15) is 5.26 Å². The summed E-state index contributed by atoms with van der Waals surface area (Å²) in [5, 5.41) is 9.88. The minimum absolute atomic E-state index is 0.000894. The van der Waals surface area contributed by atoms with Crippen molar-refractivity contribution in [2.24, 2.45) is 11.8 Å². The zero-order chi connectivity index (χ0) is 28.7. The standard InChI is InChI=1S/C28H39N5O6S/c1-2-39-28(36)23-16-22(17-29)26(30-24(23)18-33-13-7-6-10-25(33)34)32-14-11-21(12-15-32)27(35)31-40(37,38)19-20-8-4-3-5-9-20/h16,20-21H,2-15,18-19H2,1H3,(H,31,35). The van der Waals surface area contributed by atoms with E-state index in [2.05, 4.69) is 10.8 Å². The van der Waals surface area contributed by atoms with Gasteiger partial charge in [0.25, 0.3) is 0 Å². The molecule has 1 aromatic heterocycles. The third kappa shape index (κ3) is 7.50. The maximum Gasteiger partial charge on any atom is 0.340 e. The Morgan fingerprint density at radius 3 is 2.48 bits per heavy atom. The summed E-state index contributed by atoms with van der Waals surface area (Å²) >= 11 is 0. The number of aromatic nitrogens is 1. The van der Waals surface area contributed by atoms with Crippen LogP contribution in [0.15, 0.2) is 6.07 Å². The van der Waals surface area contributed by atoms with Crippen molar-refractivity contribution in [2.45, 2.75) is 77.7 Å². The number of carbonyl (C=O) groups is 3. The van der Waals surface area contributed by atoms with Gasteiger partial charge >= 0.3 is 5.97 Å². The molecule has 4 rings (SSSR count). The third-order valence-electron chi connectivity index (χ3n) is 8.06. The van der Waals surface area contributed by atoms with Crippen LogP contribution in [0, 0.1) is 23.2 Å². The fourth-order valence-electron chi connectivity index (χ4n) is 5.88. The Labute approximate surface area is 236 Å². The molecule has 2 saturated heterocycles. The molecule has 3 fully saturated rings. The van der Waals surface area contributed by atoms with Crippen LogP contribution in [0.3, 0.4) is 0 Å². The van der Waals surface area contributed by atoms with E-state index < -0.39 is 27.8 Å². The van der Waals surface area contributed by atoms with E-state index in [-0.39, 0.29) is 41.9 Å². The van der Waals surface area contributed by atoms with Gasteiger partial charge in [0.2, 0.25) is 21.8 Å². The Bertz CT molecular complexity index is 1250. The third-order valence-corrected chi connectivity index (χ3v) is 9.48. The zero-order valence-corrected chi connectivity index (χ0v) is 24.0. The van der Waals surface area contributed by atoms with Crippen LogP contribution < -0.4 is 9.62 Å². The number of piperidine rings is 2. The number of esters is 1. The van der Waals surface area contributed by atoms with Crippen molar-refractivity contribution in [3.05, 3.63) is 22.9 Å². The molecular formula is C28H39N5O6S. The van der Waals surface area contributed by atoms with Gasteiger partial charge in [0.15, 0.2) is 0 Å². The average Bonchev–Trinajstić information content (AvgIpc) is 2.94. The maximum absolute atomic E-state index is 12.8. The summed E-state index contributed by atoms with van der Waals surface area (Å²) in [5.41, 5.74) is 0.740. The fraction of sp³-hybridized carbons (Fsp3) is 0.679. The number of nitrogens with one attached hydrogen (secondary N) is 1. The quantitative estimate of drug-likeness (QED) is 0.440. The molecule has 1 saturated carbocycles. The normalized spacial score (nSPS) is 19.2. The molecule has 3 aliphatic rings. The lowest BCUT2D eigenvalue weighted by Crippen LogP contribution is -2.44. The molecule has 0 radical (unpaired) electrons. The second kappa shape index (κ2) is 13.4. The van der Waals surface area contributed by atoms with Crippen molar-refractivity contribution < 1.29 is 27.5 Å². The largest absolute Gasteiger partial charge is 0.462 e. The molecule has 0 aromatic carbocycles. The molecule has 11 nitrogen and oxygen atoms in total. The topological polar surface area (TPSA) is 150 Å². The van der Waals surface area contributed by atoms with E-state index in [0.29, 0.717) is 50.4 Å². The van der Waals surface area contributed by atoms with Gasteiger partial charge in [0.1, 0.15) is 11.9 Å². The maximum atomic E-state index is 12.8. The van der Waals surface area contributed by atoms with Gasteiger partial charge in [-0.15, -0.1) is 0 Å². The molecule has 1 aliphatic carbocycles. The van der Waals surface area contributed by atoms with Gasteiger partial charge < -0.3 is 14.5 Å². The van der Waals surface area contributed by atoms with Gasteiger partial charge in [0, 0.05) is 32.0 Å². The molecule has 0 atom stereocenters. The first-order valence-electron chi connectivity index (χ1n) is 14.4. The smallest absolute Gasteiger partial charge is 0.340 e. The first-order chi connectivity index (χ1) is 19.2. The van der Waals surface area contributed by atoms with Gasteiger partial charge in [0.05, 0.1) is 35.7 Å². The molecule has 0 unspecified atom stereocenters. The molecular weight excluding hydrogens is 534 g/mol. The van der Waals surface area contributed by atoms with Crippen LogP contribution in [0.5, 0.6) is 0 Å². The second-order valence-electron chi connectivity index (χ2n) is 11.0. The molecule has 2 aliphatic heterocycles. The second-order valence-corrected chi connectivity index (χ2v) is 12.7. The lowest BCUT2D eigenvalue weighted by Gasteiger charge is -2.33. The minimum atomic E-state index is -3.69. The van der Waals surface area contributed by atoms with Crippen molar-refractivity contribution in [2.75, 3.05) is 36.9 Å². The number of amides is 2. The first-order valence-corrected chi connectivity index (χ1v) is 16.0. The number of anilines is 1. The Balaban J connectivity index is 1.46. The Hall–Kier alpha value is -3.20. The lowest BCUT2D eigenvalue weighted by molar-refractivity contribution is -0.134. The number of hydrogen-bond donors (Lipinski definition) is 1. The van der Waals surface area contributed by atoms with Gasteiger partial charge in [-0.1, -0.05) is 19.3 Å². The molecule has 2 amide bonds. The summed E-state index contributed by atoms with van der Waals surface area (Å²) in [6.45, 7) is 3.36. The van der Waals surface area contributed by atoms with Crippen molar-refractivity contribution in [3.63, 3.8) is 0 Å². The zero-order valence-electron chi connectivity index (χ0n) is 23.2. The van der Waals surface area contributed by atoms with Crippen LogP contribution in [0.25, 0.3) is 0 Å². The lowest BCUT2D eigenvalue weighted by atomic mass is 9.91. The summed E-state index contributed by atoms with van der Waals surface area (Å²) in [7, 11) is -3.69. The van der Waals surface area contributed by atoms with Gasteiger partial charge in [-0.3, -0.25) is 14.3 Å². The van der Waals surface area contributed by atoms with Crippen LogP contribution in [0.4, 0.5) is 5.82 Å². The van der Waals surface area contributed by atoms with Crippen molar-refractivity contribution >= 4 is 33.6 Å². The number of carbonyl (C=O) groups excluding carboxylic acids is 3. The summed E-state index contributed by atoms with van der Waals surface area (Å²) in [5.74, 6) is -1.07.